The molecule has 5 heteroatoms. The number of hydrogen-bond acceptors (Lipinski definition) is 3. The molecule has 26 heavy (non-hydrogen) atoms. The van der Waals surface area contributed by atoms with Crippen molar-refractivity contribution >= 4 is 11.6 Å². The first-order chi connectivity index (χ1) is 12.7. The monoisotopic (exact) mass is 345 g/mol. The molecule has 1 unspecified atom stereocenters. The highest BCUT2D eigenvalue weighted by molar-refractivity contribution is 6.04. The molecule has 0 fully saturated rings. The van der Waals surface area contributed by atoms with Gasteiger partial charge in [-0.15, -0.1) is 0 Å². The van der Waals surface area contributed by atoms with Crippen molar-refractivity contribution < 1.29 is 9.18 Å². The van der Waals surface area contributed by atoms with Crippen LogP contribution in [0.4, 0.5) is 4.39 Å². The van der Waals surface area contributed by atoms with Crippen molar-refractivity contribution in [2.45, 2.75) is 12.5 Å². The summed E-state index contributed by atoms with van der Waals surface area (Å²) in [7, 11) is 0. The van der Waals surface area contributed by atoms with E-state index in [1.165, 1.54) is 29.3 Å². The fourth-order valence-corrected chi connectivity index (χ4v) is 3.07. The fourth-order valence-electron chi connectivity index (χ4n) is 3.07. The number of hydrogen-bond donors (Lipinski definition) is 0. The summed E-state index contributed by atoms with van der Waals surface area (Å²) >= 11 is 0. The molecule has 1 amide bonds. The van der Waals surface area contributed by atoms with Gasteiger partial charge in [0.05, 0.1) is 11.8 Å². The number of carbonyl (C=O) groups excluding carboxylic acids is 1. The molecule has 4 nitrogen and oxygen atoms in total. The molecule has 3 aromatic rings. The Balaban J connectivity index is 1.72. The summed E-state index contributed by atoms with van der Waals surface area (Å²) in [6, 6.07) is 18.9. The first-order valence-electron chi connectivity index (χ1n) is 8.34. The SMILES string of the molecule is O=C(c1ccc(F)cc1)N1N=C(c2cccnc2)CC1c1ccccc1. The van der Waals surface area contributed by atoms with Crippen LogP contribution >= 0.6 is 0 Å². The Morgan fingerprint density at radius 1 is 1.00 bits per heavy atom. The van der Waals surface area contributed by atoms with Crippen molar-refractivity contribution in [3.05, 3.63) is 102 Å². The van der Waals surface area contributed by atoms with Gasteiger partial charge in [-0.2, -0.15) is 5.10 Å². The summed E-state index contributed by atoms with van der Waals surface area (Å²) in [6.45, 7) is 0. The first-order valence-corrected chi connectivity index (χ1v) is 8.34. The molecule has 0 radical (unpaired) electrons. The molecule has 4 rings (SSSR count). The zero-order valence-corrected chi connectivity index (χ0v) is 13.9. The number of aromatic nitrogens is 1. The van der Waals surface area contributed by atoms with E-state index < -0.39 is 0 Å². The Labute approximate surface area is 150 Å². The highest BCUT2D eigenvalue weighted by Gasteiger charge is 2.33. The molecule has 1 aliphatic rings. The second kappa shape index (κ2) is 6.88. The normalized spacial score (nSPS) is 16.4. The minimum atomic E-state index is -0.373. The van der Waals surface area contributed by atoms with Gasteiger partial charge in [-0.3, -0.25) is 9.78 Å². The summed E-state index contributed by atoms with van der Waals surface area (Å²) in [5, 5.41) is 6.07. The molecule has 0 saturated carbocycles. The van der Waals surface area contributed by atoms with E-state index in [1.54, 1.807) is 12.4 Å². The number of amides is 1. The molecular weight excluding hydrogens is 329 g/mol. The van der Waals surface area contributed by atoms with Gasteiger partial charge in [0, 0.05) is 29.9 Å². The molecule has 2 aromatic carbocycles. The van der Waals surface area contributed by atoms with Gasteiger partial charge < -0.3 is 0 Å². The predicted molar refractivity (Wildman–Crippen MR) is 97.1 cm³/mol. The van der Waals surface area contributed by atoms with Crippen LogP contribution in [0.2, 0.25) is 0 Å². The smallest absolute Gasteiger partial charge is 0.267 e. The lowest BCUT2D eigenvalue weighted by Crippen LogP contribution is -2.27. The minimum Gasteiger partial charge on any atom is -0.267 e. The van der Waals surface area contributed by atoms with E-state index in [2.05, 4.69) is 10.1 Å². The summed E-state index contributed by atoms with van der Waals surface area (Å²) in [5.74, 6) is -0.625. The number of carbonyl (C=O) groups is 1. The third-order valence-electron chi connectivity index (χ3n) is 4.39. The second-order valence-electron chi connectivity index (χ2n) is 6.08. The van der Waals surface area contributed by atoms with E-state index in [0.717, 1.165) is 16.8 Å². The van der Waals surface area contributed by atoms with Crippen molar-refractivity contribution in [1.82, 2.24) is 9.99 Å². The van der Waals surface area contributed by atoms with E-state index in [-0.39, 0.29) is 17.8 Å². The molecule has 2 heterocycles. The Bertz CT molecular complexity index is 940. The number of nitrogens with zero attached hydrogens (tertiary/aromatic N) is 3. The van der Waals surface area contributed by atoms with Gasteiger partial charge in [0.25, 0.3) is 5.91 Å². The van der Waals surface area contributed by atoms with Crippen LogP contribution in [0.3, 0.4) is 0 Å². The third kappa shape index (κ3) is 3.11. The van der Waals surface area contributed by atoms with Crippen LogP contribution in [0.5, 0.6) is 0 Å². The van der Waals surface area contributed by atoms with Gasteiger partial charge in [0.2, 0.25) is 0 Å². The highest BCUT2D eigenvalue weighted by atomic mass is 19.1. The van der Waals surface area contributed by atoms with E-state index in [9.17, 15) is 9.18 Å². The predicted octanol–water partition coefficient (Wildman–Crippen LogP) is 4.21. The van der Waals surface area contributed by atoms with Crippen molar-refractivity contribution in [2.24, 2.45) is 5.10 Å². The summed E-state index contributed by atoms with van der Waals surface area (Å²) in [4.78, 5) is 17.1. The van der Waals surface area contributed by atoms with Gasteiger partial charge in [0.15, 0.2) is 0 Å². The lowest BCUT2D eigenvalue weighted by atomic mass is 9.99. The molecule has 1 aromatic heterocycles. The summed E-state index contributed by atoms with van der Waals surface area (Å²) in [6.07, 6.45) is 4.05. The number of benzene rings is 2. The Kier molecular flexibility index (Phi) is 4.27. The van der Waals surface area contributed by atoms with Crippen LogP contribution < -0.4 is 0 Å². The van der Waals surface area contributed by atoms with Crippen molar-refractivity contribution in [3.8, 4) is 0 Å². The molecule has 1 atom stereocenters. The van der Waals surface area contributed by atoms with Gasteiger partial charge in [-0.1, -0.05) is 36.4 Å². The summed E-state index contributed by atoms with van der Waals surface area (Å²) in [5.41, 5.74) is 3.11. The molecule has 0 saturated heterocycles. The van der Waals surface area contributed by atoms with Gasteiger partial charge in [0.1, 0.15) is 5.82 Å². The van der Waals surface area contributed by atoms with Crippen LogP contribution in [0, 0.1) is 5.82 Å². The van der Waals surface area contributed by atoms with Crippen LogP contribution in [0.15, 0.2) is 84.2 Å². The number of hydrazone groups is 1. The Morgan fingerprint density at radius 2 is 1.77 bits per heavy atom. The van der Waals surface area contributed by atoms with E-state index in [4.69, 9.17) is 0 Å². The minimum absolute atomic E-state index is 0.205. The average Bonchev–Trinajstić information content (AvgIpc) is 3.15. The van der Waals surface area contributed by atoms with E-state index in [0.29, 0.717) is 12.0 Å². The quantitative estimate of drug-likeness (QED) is 0.714. The molecule has 0 aliphatic carbocycles. The number of pyridine rings is 1. The largest absolute Gasteiger partial charge is 0.274 e. The highest BCUT2D eigenvalue weighted by Crippen LogP contribution is 2.33. The molecule has 0 bridgehead atoms. The first kappa shape index (κ1) is 16.1. The Hall–Kier alpha value is -3.34. The van der Waals surface area contributed by atoms with E-state index >= 15 is 0 Å². The maximum atomic E-state index is 13.2. The molecule has 1 aliphatic heterocycles. The molecule has 0 spiro atoms. The van der Waals surface area contributed by atoms with Crippen LogP contribution in [0.25, 0.3) is 0 Å². The lowest BCUT2D eigenvalue weighted by Gasteiger charge is -2.22. The Morgan fingerprint density at radius 3 is 2.46 bits per heavy atom. The van der Waals surface area contributed by atoms with Crippen LogP contribution in [0.1, 0.15) is 33.9 Å². The lowest BCUT2D eigenvalue weighted by molar-refractivity contribution is 0.0711. The summed E-state index contributed by atoms with van der Waals surface area (Å²) < 4.78 is 13.2. The van der Waals surface area contributed by atoms with Crippen molar-refractivity contribution in [1.29, 1.82) is 0 Å². The second-order valence-corrected chi connectivity index (χ2v) is 6.08. The van der Waals surface area contributed by atoms with Crippen molar-refractivity contribution in [2.75, 3.05) is 0 Å². The third-order valence-corrected chi connectivity index (χ3v) is 4.39. The van der Waals surface area contributed by atoms with Crippen LogP contribution in [-0.4, -0.2) is 21.6 Å². The molecular formula is C21H16FN3O. The molecule has 0 N–H and O–H groups in total. The van der Waals surface area contributed by atoms with Gasteiger partial charge >= 0.3 is 0 Å². The van der Waals surface area contributed by atoms with E-state index in [1.807, 2.05) is 42.5 Å². The van der Waals surface area contributed by atoms with Gasteiger partial charge in [-0.25, -0.2) is 9.40 Å². The van der Waals surface area contributed by atoms with Crippen LogP contribution in [-0.2, 0) is 0 Å². The average molecular weight is 345 g/mol. The zero-order chi connectivity index (χ0) is 17.9. The molecule has 128 valence electrons. The standard InChI is InChI=1S/C21H16FN3O/c22-18-10-8-16(9-11-18)21(26)25-20(15-5-2-1-3-6-15)13-19(24-25)17-7-4-12-23-14-17/h1-12,14,20H,13H2. The maximum Gasteiger partial charge on any atom is 0.274 e. The fraction of sp³-hybridized carbons (Fsp3) is 0.0952. The zero-order valence-electron chi connectivity index (χ0n) is 13.9. The number of halogens is 1. The number of rotatable bonds is 3. The van der Waals surface area contributed by atoms with Gasteiger partial charge in [-0.05, 0) is 35.9 Å². The topological polar surface area (TPSA) is 45.6 Å². The van der Waals surface area contributed by atoms with Crippen molar-refractivity contribution in [3.63, 3.8) is 0 Å². The maximum absolute atomic E-state index is 13.2.